The number of carbonyl (C=O) groups excluding carboxylic acids is 1. The highest BCUT2D eigenvalue weighted by Gasteiger charge is 2.27. The van der Waals surface area contributed by atoms with Crippen molar-refractivity contribution in [1.29, 1.82) is 0 Å². The fourth-order valence-corrected chi connectivity index (χ4v) is 2.20. The lowest BCUT2D eigenvalue weighted by Gasteiger charge is -2.25. The highest BCUT2D eigenvalue weighted by Crippen LogP contribution is 2.08. The van der Waals surface area contributed by atoms with Crippen molar-refractivity contribution in [3.63, 3.8) is 0 Å². The quantitative estimate of drug-likeness (QED) is 0.698. The molecule has 0 aliphatic rings. The number of amides is 1. The molecule has 0 bridgehead atoms. The summed E-state index contributed by atoms with van der Waals surface area (Å²) >= 11 is 0. The van der Waals surface area contributed by atoms with Gasteiger partial charge in [-0.25, -0.2) is 0 Å². The molecule has 0 saturated heterocycles. The van der Waals surface area contributed by atoms with Crippen LogP contribution >= 0.6 is 0 Å². The molecule has 0 rings (SSSR count). The van der Waals surface area contributed by atoms with Crippen LogP contribution in [0.25, 0.3) is 0 Å². The normalized spacial score (nSPS) is 19.0. The third kappa shape index (κ3) is 5.89. The van der Waals surface area contributed by atoms with Crippen molar-refractivity contribution in [3.05, 3.63) is 0 Å². The van der Waals surface area contributed by atoms with E-state index in [1.807, 2.05) is 13.8 Å². The summed E-state index contributed by atoms with van der Waals surface area (Å²) in [5.74, 6) is 0.302. The fraction of sp³-hybridized carbons (Fsp3) is 0.900. The number of nitrogens with two attached hydrogens (primary N) is 1. The molecule has 3 N–H and O–H groups in total. The molecule has 0 heterocycles. The number of hydrogen-bond acceptors (Lipinski definition) is 3. The smallest absolute Gasteiger partial charge is 0.240 e. The second kappa shape index (κ2) is 6.23. The Kier molecular flexibility index (Phi) is 6.05. The molecule has 0 aromatic heterocycles. The zero-order valence-electron chi connectivity index (χ0n) is 10.0. The Morgan fingerprint density at radius 2 is 2.13 bits per heavy atom. The molecule has 0 radical (unpaired) electrons. The Morgan fingerprint density at radius 1 is 1.60 bits per heavy atom. The van der Waals surface area contributed by atoms with Gasteiger partial charge < -0.3 is 11.1 Å². The Morgan fingerprint density at radius 3 is 2.53 bits per heavy atom. The SMILES string of the molecule is CCCC(C)(N)C(=O)NC(C)CS(C)=O. The molecule has 0 spiro atoms. The maximum atomic E-state index is 11.7. The number of nitrogens with one attached hydrogen (secondary N) is 1. The highest BCUT2D eigenvalue weighted by atomic mass is 32.2. The first-order chi connectivity index (χ1) is 6.79. The van der Waals surface area contributed by atoms with Gasteiger partial charge in [-0.3, -0.25) is 9.00 Å². The van der Waals surface area contributed by atoms with Crippen LogP contribution in [-0.2, 0) is 15.6 Å². The molecule has 3 unspecified atom stereocenters. The van der Waals surface area contributed by atoms with Gasteiger partial charge in [-0.15, -0.1) is 0 Å². The molecule has 0 aromatic rings. The van der Waals surface area contributed by atoms with E-state index in [-0.39, 0.29) is 11.9 Å². The molecule has 3 atom stereocenters. The maximum Gasteiger partial charge on any atom is 0.240 e. The van der Waals surface area contributed by atoms with Gasteiger partial charge in [0.1, 0.15) is 0 Å². The van der Waals surface area contributed by atoms with Gasteiger partial charge >= 0.3 is 0 Å². The molecular formula is C10H22N2O2S. The zero-order chi connectivity index (χ0) is 12.1. The average molecular weight is 234 g/mol. The summed E-state index contributed by atoms with van der Waals surface area (Å²) < 4.78 is 10.9. The van der Waals surface area contributed by atoms with Crippen molar-refractivity contribution >= 4 is 16.7 Å². The molecule has 0 aliphatic carbocycles. The van der Waals surface area contributed by atoms with E-state index in [2.05, 4.69) is 5.32 Å². The van der Waals surface area contributed by atoms with Gasteiger partial charge in [0.25, 0.3) is 0 Å². The van der Waals surface area contributed by atoms with Gasteiger partial charge in [0.15, 0.2) is 0 Å². The van der Waals surface area contributed by atoms with Gasteiger partial charge in [0.2, 0.25) is 5.91 Å². The van der Waals surface area contributed by atoms with Gasteiger partial charge in [0.05, 0.1) is 5.54 Å². The van der Waals surface area contributed by atoms with Crippen molar-refractivity contribution in [3.8, 4) is 0 Å². The van der Waals surface area contributed by atoms with E-state index in [9.17, 15) is 9.00 Å². The summed E-state index contributed by atoms with van der Waals surface area (Å²) in [6.07, 6.45) is 3.14. The summed E-state index contributed by atoms with van der Waals surface area (Å²) in [6.45, 7) is 5.55. The minimum atomic E-state index is -0.898. The molecule has 0 fully saturated rings. The standard InChI is InChI=1S/C10H22N2O2S/c1-5-6-10(3,11)9(13)12-8(2)7-15(4)14/h8H,5-7,11H2,1-4H3,(H,12,13). The van der Waals surface area contributed by atoms with Crippen LogP contribution in [0.1, 0.15) is 33.6 Å². The van der Waals surface area contributed by atoms with Crippen molar-refractivity contribution in [2.45, 2.75) is 45.2 Å². The monoisotopic (exact) mass is 234 g/mol. The molecule has 1 amide bonds. The summed E-state index contributed by atoms with van der Waals surface area (Å²) in [5, 5.41) is 2.78. The van der Waals surface area contributed by atoms with E-state index >= 15 is 0 Å². The minimum Gasteiger partial charge on any atom is -0.351 e. The van der Waals surface area contributed by atoms with Crippen molar-refractivity contribution in [2.24, 2.45) is 5.73 Å². The van der Waals surface area contributed by atoms with Crippen LogP contribution in [0.5, 0.6) is 0 Å². The van der Waals surface area contributed by atoms with Gasteiger partial charge in [-0.05, 0) is 20.3 Å². The first kappa shape index (κ1) is 14.6. The van der Waals surface area contributed by atoms with Crippen molar-refractivity contribution in [1.82, 2.24) is 5.32 Å². The summed E-state index contributed by atoms with van der Waals surface area (Å²) in [4.78, 5) is 11.7. The van der Waals surface area contributed by atoms with Gasteiger partial charge in [0, 0.05) is 28.9 Å². The number of hydrogen-bond donors (Lipinski definition) is 2. The molecule has 5 heteroatoms. The van der Waals surface area contributed by atoms with E-state index in [1.54, 1.807) is 13.2 Å². The first-order valence-corrected chi connectivity index (χ1v) is 6.92. The predicted octanol–water partition coefficient (Wildman–Crippen LogP) is 0.387. The van der Waals surface area contributed by atoms with Crippen LogP contribution in [0.2, 0.25) is 0 Å². The van der Waals surface area contributed by atoms with Crippen LogP contribution in [0, 0.1) is 0 Å². The summed E-state index contributed by atoms with van der Waals surface area (Å²) in [5.41, 5.74) is 5.04. The van der Waals surface area contributed by atoms with E-state index < -0.39 is 16.3 Å². The lowest BCUT2D eigenvalue weighted by atomic mass is 9.96. The second-order valence-corrected chi connectivity index (χ2v) is 5.76. The van der Waals surface area contributed by atoms with Gasteiger partial charge in [-0.1, -0.05) is 13.3 Å². The number of carbonyl (C=O) groups is 1. The van der Waals surface area contributed by atoms with Crippen LogP contribution < -0.4 is 11.1 Å². The largest absolute Gasteiger partial charge is 0.351 e. The lowest BCUT2D eigenvalue weighted by molar-refractivity contribution is -0.126. The number of rotatable bonds is 6. The third-order valence-corrected chi connectivity index (χ3v) is 3.12. The molecular weight excluding hydrogens is 212 g/mol. The summed E-state index contributed by atoms with van der Waals surface area (Å²) in [7, 11) is -0.898. The Hall–Kier alpha value is -0.420. The van der Waals surface area contributed by atoms with Crippen molar-refractivity contribution in [2.75, 3.05) is 12.0 Å². The zero-order valence-corrected chi connectivity index (χ0v) is 10.8. The van der Waals surface area contributed by atoms with Crippen molar-refractivity contribution < 1.29 is 9.00 Å². The van der Waals surface area contributed by atoms with Gasteiger partial charge in [-0.2, -0.15) is 0 Å². The highest BCUT2D eigenvalue weighted by molar-refractivity contribution is 7.84. The van der Waals surface area contributed by atoms with Crippen LogP contribution in [0.4, 0.5) is 0 Å². The van der Waals surface area contributed by atoms with E-state index in [4.69, 9.17) is 5.73 Å². The third-order valence-electron chi connectivity index (χ3n) is 2.15. The molecule has 90 valence electrons. The van der Waals surface area contributed by atoms with E-state index in [0.29, 0.717) is 12.2 Å². The molecule has 0 aliphatic heterocycles. The Balaban J connectivity index is 4.17. The van der Waals surface area contributed by atoms with E-state index in [0.717, 1.165) is 6.42 Å². The summed E-state index contributed by atoms with van der Waals surface area (Å²) in [6, 6.07) is -0.0944. The van der Waals surface area contributed by atoms with Crippen LogP contribution in [0.15, 0.2) is 0 Å². The Labute approximate surface area is 94.4 Å². The molecule has 0 saturated carbocycles. The topological polar surface area (TPSA) is 72.2 Å². The Bertz CT molecular complexity index is 242. The minimum absolute atomic E-state index is 0.0944. The molecule has 15 heavy (non-hydrogen) atoms. The first-order valence-electron chi connectivity index (χ1n) is 5.19. The average Bonchev–Trinajstić information content (AvgIpc) is 2.01. The predicted molar refractivity (Wildman–Crippen MR) is 64.0 cm³/mol. The maximum absolute atomic E-state index is 11.7. The van der Waals surface area contributed by atoms with Crippen LogP contribution in [0.3, 0.4) is 0 Å². The van der Waals surface area contributed by atoms with E-state index in [1.165, 1.54) is 0 Å². The fourth-order valence-electron chi connectivity index (χ4n) is 1.42. The van der Waals surface area contributed by atoms with Crippen LogP contribution in [-0.4, -0.2) is 33.7 Å². The lowest BCUT2D eigenvalue weighted by Crippen LogP contribution is -2.54. The second-order valence-electron chi connectivity index (χ2n) is 4.28. The molecule has 0 aromatic carbocycles. The molecule has 4 nitrogen and oxygen atoms in total.